The molecule has 0 radical (unpaired) electrons. The molecule has 1 aromatic rings. The van der Waals surface area contributed by atoms with E-state index in [1.54, 1.807) is 11.9 Å². The van der Waals surface area contributed by atoms with Crippen molar-refractivity contribution in [2.75, 3.05) is 13.7 Å². The summed E-state index contributed by atoms with van der Waals surface area (Å²) in [4.78, 5) is 13.5. The molecule has 1 N–H and O–H groups in total. The zero-order valence-corrected chi connectivity index (χ0v) is 11.1. The van der Waals surface area contributed by atoms with E-state index in [1.807, 2.05) is 0 Å². The zero-order chi connectivity index (χ0) is 14.0. The fraction of sp³-hybridized carbons (Fsp3) is 0.500. The minimum absolute atomic E-state index is 0.0989. The summed E-state index contributed by atoms with van der Waals surface area (Å²) in [5.41, 5.74) is 0.349. The number of hydrogen-bond acceptors (Lipinski definition) is 3. The predicted octanol–water partition coefficient (Wildman–Crippen LogP) is 1.88. The van der Waals surface area contributed by atoms with Gasteiger partial charge in [0.2, 0.25) is 0 Å². The third-order valence-corrected chi connectivity index (χ3v) is 3.26. The van der Waals surface area contributed by atoms with Crippen LogP contribution >= 0.6 is 0 Å². The Labute approximate surface area is 111 Å². The van der Waals surface area contributed by atoms with Crippen LogP contribution in [0.15, 0.2) is 18.2 Å². The molecule has 2 rings (SSSR count). The molecule has 1 amide bonds. The Kier molecular flexibility index (Phi) is 4.04. The second kappa shape index (κ2) is 5.57. The molecule has 0 bridgehead atoms. The third kappa shape index (κ3) is 3.44. The normalized spacial score (nSPS) is 16.0. The van der Waals surface area contributed by atoms with Crippen molar-refractivity contribution in [2.45, 2.75) is 31.9 Å². The summed E-state index contributed by atoms with van der Waals surface area (Å²) in [5, 5.41) is 9.56. The van der Waals surface area contributed by atoms with Crippen molar-refractivity contribution in [1.82, 2.24) is 4.90 Å². The summed E-state index contributed by atoms with van der Waals surface area (Å²) < 4.78 is 18.5. The minimum Gasteiger partial charge on any atom is -0.483 e. The summed E-state index contributed by atoms with van der Waals surface area (Å²) in [5.74, 6) is -0.206. The van der Waals surface area contributed by atoms with E-state index in [1.165, 1.54) is 25.1 Å². The summed E-state index contributed by atoms with van der Waals surface area (Å²) in [6.45, 7) is 1.43. The highest BCUT2D eigenvalue weighted by molar-refractivity contribution is 5.78. The van der Waals surface area contributed by atoms with Gasteiger partial charge in [-0.15, -0.1) is 0 Å². The minimum atomic E-state index is -0.845. The molecule has 1 aliphatic rings. The lowest BCUT2D eigenvalue weighted by Crippen LogP contribution is -2.33. The third-order valence-electron chi connectivity index (χ3n) is 3.26. The highest BCUT2D eigenvalue weighted by Gasteiger charge is 2.29. The van der Waals surface area contributed by atoms with E-state index in [2.05, 4.69) is 0 Å². The van der Waals surface area contributed by atoms with Gasteiger partial charge in [0.1, 0.15) is 11.6 Å². The average Bonchev–Trinajstić information content (AvgIpc) is 3.20. The number of hydrogen-bond donors (Lipinski definition) is 1. The van der Waals surface area contributed by atoms with Crippen LogP contribution in [0.1, 0.15) is 31.4 Å². The van der Waals surface area contributed by atoms with E-state index < -0.39 is 11.9 Å². The molecule has 1 fully saturated rings. The van der Waals surface area contributed by atoms with Gasteiger partial charge in [-0.1, -0.05) is 0 Å². The van der Waals surface area contributed by atoms with Gasteiger partial charge in [-0.25, -0.2) is 4.39 Å². The van der Waals surface area contributed by atoms with E-state index in [9.17, 15) is 14.3 Å². The van der Waals surface area contributed by atoms with E-state index in [4.69, 9.17) is 4.74 Å². The van der Waals surface area contributed by atoms with Gasteiger partial charge in [0.15, 0.2) is 6.61 Å². The number of aliphatic hydroxyl groups is 1. The van der Waals surface area contributed by atoms with Crippen LogP contribution in [0, 0.1) is 5.82 Å². The molecule has 0 spiro atoms. The standard InChI is InChI=1S/C14H18FNO3/c1-9(17)12-7-10(15)3-6-13(12)19-8-14(18)16(2)11-4-5-11/h3,6-7,9,11,17H,4-5,8H2,1-2H3/t9-/m1/s1. The first-order valence-electron chi connectivity index (χ1n) is 6.35. The zero-order valence-electron chi connectivity index (χ0n) is 11.1. The first-order valence-corrected chi connectivity index (χ1v) is 6.35. The number of nitrogens with zero attached hydrogens (tertiary/aromatic N) is 1. The van der Waals surface area contributed by atoms with Gasteiger partial charge in [0.05, 0.1) is 6.10 Å². The van der Waals surface area contributed by atoms with Crippen molar-refractivity contribution in [3.05, 3.63) is 29.6 Å². The molecule has 19 heavy (non-hydrogen) atoms. The maximum absolute atomic E-state index is 13.1. The number of amides is 1. The molecule has 1 aromatic carbocycles. The van der Waals surface area contributed by atoms with Crippen LogP contribution in [0.4, 0.5) is 4.39 Å². The first kappa shape index (κ1) is 13.8. The van der Waals surface area contributed by atoms with Crippen molar-refractivity contribution in [3.8, 4) is 5.75 Å². The summed E-state index contributed by atoms with van der Waals surface area (Å²) >= 11 is 0. The molecule has 0 unspecified atom stereocenters. The van der Waals surface area contributed by atoms with Gasteiger partial charge in [-0.2, -0.15) is 0 Å². The van der Waals surface area contributed by atoms with Crippen LogP contribution in [0.2, 0.25) is 0 Å². The first-order chi connectivity index (χ1) is 8.99. The molecule has 1 atom stereocenters. The van der Waals surface area contributed by atoms with Crippen molar-refractivity contribution in [3.63, 3.8) is 0 Å². The molecule has 5 heteroatoms. The predicted molar refractivity (Wildman–Crippen MR) is 68.3 cm³/mol. The van der Waals surface area contributed by atoms with Gasteiger partial charge < -0.3 is 14.7 Å². The molecule has 1 saturated carbocycles. The van der Waals surface area contributed by atoms with Gasteiger partial charge in [0, 0.05) is 18.7 Å². The van der Waals surface area contributed by atoms with Crippen molar-refractivity contribution in [1.29, 1.82) is 0 Å². The number of rotatable bonds is 5. The quantitative estimate of drug-likeness (QED) is 0.886. The Hall–Kier alpha value is -1.62. The van der Waals surface area contributed by atoms with Gasteiger partial charge in [0.25, 0.3) is 5.91 Å². The molecule has 0 aromatic heterocycles. The molecule has 0 aliphatic heterocycles. The Morgan fingerprint density at radius 3 is 2.84 bits per heavy atom. The van der Waals surface area contributed by atoms with Gasteiger partial charge >= 0.3 is 0 Å². The number of ether oxygens (including phenoxy) is 1. The monoisotopic (exact) mass is 267 g/mol. The molecule has 104 valence electrons. The maximum Gasteiger partial charge on any atom is 0.260 e. The van der Waals surface area contributed by atoms with Gasteiger partial charge in [-0.3, -0.25) is 4.79 Å². The highest BCUT2D eigenvalue weighted by Crippen LogP contribution is 2.27. The lowest BCUT2D eigenvalue weighted by atomic mass is 10.1. The molecule has 1 aliphatic carbocycles. The second-order valence-corrected chi connectivity index (χ2v) is 4.88. The van der Waals surface area contributed by atoms with Crippen LogP contribution in [-0.2, 0) is 4.79 Å². The number of likely N-dealkylation sites (N-methyl/N-ethyl adjacent to an activating group) is 1. The Bertz CT molecular complexity index is 472. The summed E-state index contributed by atoms with van der Waals surface area (Å²) in [6.07, 6.45) is 1.23. The Balaban J connectivity index is 2.00. The number of carbonyl (C=O) groups excluding carboxylic acids is 1. The topological polar surface area (TPSA) is 49.8 Å². The van der Waals surface area contributed by atoms with Crippen LogP contribution in [0.3, 0.4) is 0 Å². The van der Waals surface area contributed by atoms with E-state index in [-0.39, 0.29) is 12.5 Å². The second-order valence-electron chi connectivity index (χ2n) is 4.88. The molecular formula is C14H18FNO3. The van der Waals surface area contributed by atoms with Crippen molar-refractivity contribution in [2.24, 2.45) is 0 Å². The van der Waals surface area contributed by atoms with Crippen LogP contribution in [0.25, 0.3) is 0 Å². The number of benzene rings is 1. The van der Waals surface area contributed by atoms with Crippen LogP contribution in [0.5, 0.6) is 5.75 Å². The summed E-state index contributed by atoms with van der Waals surface area (Å²) in [7, 11) is 1.75. The lowest BCUT2D eigenvalue weighted by molar-refractivity contribution is -0.132. The fourth-order valence-electron chi connectivity index (χ4n) is 1.88. The molecule has 0 saturated heterocycles. The van der Waals surface area contributed by atoms with E-state index >= 15 is 0 Å². The van der Waals surface area contributed by atoms with E-state index in [0.717, 1.165) is 12.8 Å². The van der Waals surface area contributed by atoms with Gasteiger partial charge in [-0.05, 0) is 38.0 Å². The lowest BCUT2D eigenvalue weighted by Gasteiger charge is -2.18. The highest BCUT2D eigenvalue weighted by atomic mass is 19.1. The molecule has 0 heterocycles. The number of carbonyl (C=O) groups is 1. The maximum atomic E-state index is 13.1. The molecule has 4 nitrogen and oxygen atoms in total. The van der Waals surface area contributed by atoms with Crippen LogP contribution in [-0.4, -0.2) is 35.6 Å². The van der Waals surface area contributed by atoms with Crippen molar-refractivity contribution < 1.29 is 19.0 Å². The fourth-order valence-corrected chi connectivity index (χ4v) is 1.88. The largest absolute Gasteiger partial charge is 0.483 e. The molecular weight excluding hydrogens is 249 g/mol. The van der Waals surface area contributed by atoms with Crippen LogP contribution < -0.4 is 4.74 Å². The average molecular weight is 267 g/mol. The Morgan fingerprint density at radius 1 is 1.58 bits per heavy atom. The summed E-state index contributed by atoms with van der Waals surface area (Å²) in [6, 6.07) is 4.23. The van der Waals surface area contributed by atoms with Crippen molar-refractivity contribution >= 4 is 5.91 Å². The van der Waals surface area contributed by atoms with E-state index in [0.29, 0.717) is 17.4 Å². The smallest absolute Gasteiger partial charge is 0.260 e. The number of aliphatic hydroxyl groups excluding tert-OH is 1. The SMILES string of the molecule is C[C@@H](O)c1cc(F)ccc1OCC(=O)N(C)C1CC1. The number of halogens is 1. The Morgan fingerprint density at radius 2 is 2.26 bits per heavy atom.